The average Bonchev–Trinajstić information content (AvgIpc) is 2.26. The van der Waals surface area contributed by atoms with Gasteiger partial charge in [0.05, 0.1) is 4.90 Å². The van der Waals surface area contributed by atoms with Gasteiger partial charge in [0.2, 0.25) is 10.0 Å². The number of hydrogen-bond donors (Lipinski definition) is 1. The van der Waals surface area contributed by atoms with Gasteiger partial charge >= 0.3 is 0 Å². The Labute approximate surface area is 109 Å². The quantitative estimate of drug-likeness (QED) is 0.845. The van der Waals surface area contributed by atoms with Crippen LogP contribution in [0, 0.1) is 5.92 Å². The Morgan fingerprint density at radius 3 is 2.44 bits per heavy atom. The van der Waals surface area contributed by atoms with Crippen molar-refractivity contribution in [1.82, 2.24) is 4.72 Å². The molecule has 0 amide bonds. The second kappa shape index (κ2) is 6.00. The van der Waals surface area contributed by atoms with E-state index >= 15 is 0 Å². The first-order valence-electron chi connectivity index (χ1n) is 4.77. The van der Waals surface area contributed by atoms with Crippen LogP contribution in [0.2, 0.25) is 0 Å². The molecule has 0 aliphatic rings. The van der Waals surface area contributed by atoms with Crippen LogP contribution in [0.5, 0.6) is 0 Å². The van der Waals surface area contributed by atoms with E-state index in [1.54, 1.807) is 24.3 Å². The minimum Gasteiger partial charge on any atom is -0.211 e. The molecular formula is C10H13BrClNO2S. The molecule has 1 unspecified atom stereocenters. The molecule has 3 nitrogen and oxygen atoms in total. The number of halogens is 2. The zero-order chi connectivity index (χ0) is 12.2. The fourth-order valence-corrected chi connectivity index (χ4v) is 2.54. The van der Waals surface area contributed by atoms with Crippen LogP contribution in [0.15, 0.2) is 33.6 Å². The van der Waals surface area contributed by atoms with E-state index in [0.29, 0.717) is 12.4 Å². The van der Waals surface area contributed by atoms with Crippen LogP contribution >= 0.6 is 27.5 Å². The third kappa shape index (κ3) is 4.05. The molecule has 0 saturated carbocycles. The summed E-state index contributed by atoms with van der Waals surface area (Å²) in [6, 6.07) is 6.49. The van der Waals surface area contributed by atoms with Crippen molar-refractivity contribution in [3.63, 3.8) is 0 Å². The third-order valence-electron chi connectivity index (χ3n) is 2.01. The molecule has 0 heterocycles. The second-order valence-corrected chi connectivity index (χ2v) is 6.56. The van der Waals surface area contributed by atoms with Crippen molar-refractivity contribution in [3.8, 4) is 0 Å². The van der Waals surface area contributed by atoms with E-state index in [0.717, 1.165) is 4.47 Å². The molecule has 1 aromatic rings. The van der Waals surface area contributed by atoms with Gasteiger partial charge in [0, 0.05) is 16.9 Å². The van der Waals surface area contributed by atoms with Gasteiger partial charge in [-0.25, -0.2) is 13.1 Å². The van der Waals surface area contributed by atoms with Gasteiger partial charge in [0.25, 0.3) is 0 Å². The molecule has 1 aromatic carbocycles. The zero-order valence-corrected chi connectivity index (χ0v) is 11.9. The van der Waals surface area contributed by atoms with Gasteiger partial charge in [0.15, 0.2) is 0 Å². The Hall–Kier alpha value is -0.100. The van der Waals surface area contributed by atoms with Gasteiger partial charge in [-0.2, -0.15) is 0 Å². The number of hydrogen-bond acceptors (Lipinski definition) is 2. The van der Waals surface area contributed by atoms with Crippen LogP contribution in [-0.2, 0) is 10.0 Å². The standard InChI is InChI=1S/C10H13BrClNO2S/c1-8(6-12)7-13-16(14,15)10-4-2-9(11)3-5-10/h2-5,8,13H,6-7H2,1H3. The highest BCUT2D eigenvalue weighted by Gasteiger charge is 2.14. The minimum absolute atomic E-state index is 0.117. The zero-order valence-electron chi connectivity index (χ0n) is 8.78. The van der Waals surface area contributed by atoms with E-state index in [9.17, 15) is 8.42 Å². The highest BCUT2D eigenvalue weighted by Crippen LogP contribution is 2.14. The van der Waals surface area contributed by atoms with E-state index in [1.807, 2.05) is 6.92 Å². The lowest BCUT2D eigenvalue weighted by Gasteiger charge is -2.10. The number of alkyl halides is 1. The summed E-state index contributed by atoms with van der Waals surface area (Å²) in [7, 11) is -3.41. The van der Waals surface area contributed by atoms with E-state index < -0.39 is 10.0 Å². The maximum atomic E-state index is 11.8. The Balaban J connectivity index is 2.74. The maximum absolute atomic E-state index is 11.8. The third-order valence-corrected chi connectivity index (χ3v) is 4.50. The topological polar surface area (TPSA) is 46.2 Å². The molecule has 0 fully saturated rings. The predicted octanol–water partition coefficient (Wildman–Crippen LogP) is 2.60. The van der Waals surface area contributed by atoms with Crippen molar-refractivity contribution in [3.05, 3.63) is 28.7 Å². The Morgan fingerprint density at radius 2 is 1.94 bits per heavy atom. The summed E-state index contributed by atoms with van der Waals surface area (Å²) in [4.78, 5) is 0.262. The summed E-state index contributed by atoms with van der Waals surface area (Å²) >= 11 is 8.86. The molecule has 1 rings (SSSR count). The summed E-state index contributed by atoms with van der Waals surface area (Å²) in [6.45, 7) is 2.24. The van der Waals surface area contributed by atoms with E-state index in [-0.39, 0.29) is 10.8 Å². The Morgan fingerprint density at radius 1 is 1.38 bits per heavy atom. The summed E-state index contributed by atoms with van der Waals surface area (Å²) in [5, 5.41) is 0. The van der Waals surface area contributed by atoms with E-state index in [1.165, 1.54) is 0 Å². The first-order valence-corrected chi connectivity index (χ1v) is 7.58. The monoisotopic (exact) mass is 325 g/mol. The number of rotatable bonds is 5. The Kier molecular flexibility index (Phi) is 5.24. The fraction of sp³-hybridized carbons (Fsp3) is 0.400. The Bertz CT molecular complexity index is 433. The molecule has 0 saturated heterocycles. The molecule has 0 spiro atoms. The molecule has 16 heavy (non-hydrogen) atoms. The molecule has 6 heteroatoms. The summed E-state index contributed by atoms with van der Waals surface area (Å²) in [6.07, 6.45) is 0. The number of benzene rings is 1. The molecule has 0 aliphatic heterocycles. The van der Waals surface area contributed by atoms with Crippen molar-refractivity contribution in [2.45, 2.75) is 11.8 Å². The van der Waals surface area contributed by atoms with Crippen LogP contribution in [0.3, 0.4) is 0 Å². The predicted molar refractivity (Wildman–Crippen MR) is 69.2 cm³/mol. The lowest BCUT2D eigenvalue weighted by atomic mass is 10.2. The first kappa shape index (κ1) is 14.0. The normalized spacial score (nSPS) is 13.7. The van der Waals surface area contributed by atoms with Gasteiger partial charge < -0.3 is 0 Å². The van der Waals surface area contributed by atoms with Crippen LogP contribution in [0.4, 0.5) is 0 Å². The van der Waals surface area contributed by atoms with Gasteiger partial charge in [-0.05, 0) is 30.2 Å². The van der Waals surface area contributed by atoms with E-state index in [4.69, 9.17) is 11.6 Å². The van der Waals surface area contributed by atoms with Crippen molar-refractivity contribution in [2.75, 3.05) is 12.4 Å². The van der Waals surface area contributed by atoms with Crippen LogP contribution < -0.4 is 4.72 Å². The lowest BCUT2D eigenvalue weighted by Crippen LogP contribution is -2.28. The second-order valence-electron chi connectivity index (χ2n) is 3.57. The fourth-order valence-electron chi connectivity index (χ4n) is 1.00. The van der Waals surface area contributed by atoms with Crippen molar-refractivity contribution in [1.29, 1.82) is 0 Å². The molecule has 1 N–H and O–H groups in total. The lowest BCUT2D eigenvalue weighted by molar-refractivity contribution is 0.562. The molecule has 90 valence electrons. The van der Waals surface area contributed by atoms with E-state index in [2.05, 4.69) is 20.7 Å². The van der Waals surface area contributed by atoms with Crippen LogP contribution in [-0.4, -0.2) is 20.8 Å². The largest absolute Gasteiger partial charge is 0.240 e. The van der Waals surface area contributed by atoms with Crippen LogP contribution in [0.1, 0.15) is 6.92 Å². The van der Waals surface area contributed by atoms with Gasteiger partial charge in [-0.1, -0.05) is 22.9 Å². The highest BCUT2D eigenvalue weighted by molar-refractivity contribution is 9.10. The summed E-state index contributed by atoms with van der Waals surface area (Å²) in [5.41, 5.74) is 0. The highest BCUT2D eigenvalue weighted by atomic mass is 79.9. The SMILES string of the molecule is CC(CCl)CNS(=O)(=O)c1ccc(Br)cc1. The minimum atomic E-state index is -3.41. The molecule has 0 bridgehead atoms. The van der Waals surface area contributed by atoms with Crippen LogP contribution in [0.25, 0.3) is 0 Å². The first-order chi connectivity index (χ1) is 7.45. The summed E-state index contributed by atoms with van der Waals surface area (Å²) in [5.74, 6) is 0.551. The van der Waals surface area contributed by atoms with Gasteiger partial charge in [-0.15, -0.1) is 11.6 Å². The molecule has 0 radical (unpaired) electrons. The molecule has 1 atom stereocenters. The number of sulfonamides is 1. The maximum Gasteiger partial charge on any atom is 0.240 e. The smallest absolute Gasteiger partial charge is 0.211 e. The molecular weight excluding hydrogens is 314 g/mol. The van der Waals surface area contributed by atoms with Gasteiger partial charge in [-0.3, -0.25) is 0 Å². The average molecular weight is 327 g/mol. The molecule has 0 aromatic heterocycles. The summed E-state index contributed by atoms with van der Waals surface area (Å²) < 4.78 is 27.0. The van der Waals surface area contributed by atoms with Crippen molar-refractivity contribution < 1.29 is 8.42 Å². The van der Waals surface area contributed by atoms with Crippen molar-refractivity contribution >= 4 is 37.6 Å². The van der Waals surface area contributed by atoms with Crippen molar-refractivity contribution in [2.24, 2.45) is 5.92 Å². The number of nitrogens with one attached hydrogen (secondary N) is 1. The van der Waals surface area contributed by atoms with Gasteiger partial charge in [0.1, 0.15) is 0 Å². The molecule has 0 aliphatic carbocycles.